The summed E-state index contributed by atoms with van der Waals surface area (Å²) in [6.07, 6.45) is 4.43. The number of hydrogen-bond acceptors (Lipinski definition) is 4. The van der Waals surface area contributed by atoms with Crippen LogP contribution in [0, 0.1) is 5.82 Å². The lowest BCUT2D eigenvalue weighted by Crippen LogP contribution is -2.40. The van der Waals surface area contributed by atoms with Gasteiger partial charge in [0.25, 0.3) is 0 Å². The van der Waals surface area contributed by atoms with Crippen molar-refractivity contribution in [2.75, 3.05) is 19.7 Å². The molecule has 2 heterocycles. The van der Waals surface area contributed by atoms with Crippen LogP contribution in [0.5, 0.6) is 11.5 Å². The molecule has 0 saturated carbocycles. The molecule has 1 saturated heterocycles. The summed E-state index contributed by atoms with van der Waals surface area (Å²) in [6.45, 7) is 3.02. The summed E-state index contributed by atoms with van der Waals surface area (Å²) in [6, 6.07) is 10.5. The lowest BCUT2D eigenvalue weighted by Gasteiger charge is -2.31. The number of hydrogen-bond donors (Lipinski definition) is 0. The molecule has 2 aromatic rings. The first kappa shape index (κ1) is 18.0. The summed E-state index contributed by atoms with van der Waals surface area (Å²) >= 11 is 0. The van der Waals surface area contributed by atoms with Gasteiger partial charge >= 0.3 is 0 Å². The highest BCUT2D eigenvalue weighted by Gasteiger charge is 2.44. The number of fused-ring (bicyclic) bond motifs is 1. The van der Waals surface area contributed by atoms with E-state index in [1.54, 1.807) is 0 Å². The first-order valence-electron chi connectivity index (χ1n) is 8.83. The van der Waals surface area contributed by atoms with Gasteiger partial charge in [-0.3, -0.25) is 0 Å². The van der Waals surface area contributed by atoms with E-state index in [-0.39, 0.29) is 11.4 Å². The highest BCUT2D eigenvalue weighted by atomic mass is 32.2. The standard InChI is InChI=1S/C20H20FNO4S/c1-2-25-17-6-3-15-9-10-20(26-19(15)13-17)11-12-22(14-20)27(23,24)18-7-4-16(21)5-8-18/h3-10,13H,2,11-12,14H2,1H3/t20-/m0/s1. The Morgan fingerprint density at radius 2 is 2.00 bits per heavy atom. The molecular formula is C20H20FNO4S. The maximum absolute atomic E-state index is 13.1. The quantitative estimate of drug-likeness (QED) is 0.804. The van der Waals surface area contributed by atoms with E-state index in [9.17, 15) is 12.8 Å². The summed E-state index contributed by atoms with van der Waals surface area (Å²) in [7, 11) is -3.70. The third kappa shape index (κ3) is 3.33. The zero-order valence-electron chi connectivity index (χ0n) is 14.9. The van der Waals surface area contributed by atoms with Crippen molar-refractivity contribution in [3.8, 4) is 11.5 Å². The second-order valence-electron chi connectivity index (χ2n) is 6.68. The Kier molecular flexibility index (Phi) is 4.44. The average Bonchev–Trinajstić information content (AvgIpc) is 3.06. The predicted molar refractivity (Wildman–Crippen MR) is 99.8 cm³/mol. The van der Waals surface area contributed by atoms with Crippen molar-refractivity contribution < 1.29 is 22.3 Å². The largest absolute Gasteiger partial charge is 0.494 e. The number of nitrogens with zero attached hydrogens (tertiary/aromatic N) is 1. The van der Waals surface area contributed by atoms with Gasteiger partial charge in [0, 0.05) is 24.6 Å². The highest BCUT2D eigenvalue weighted by molar-refractivity contribution is 7.89. The molecule has 1 atom stereocenters. The van der Waals surface area contributed by atoms with Crippen LogP contribution in [0.15, 0.2) is 53.4 Å². The van der Waals surface area contributed by atoms with E-state index in [1.165, 1.54) is 16.4 Å². The highest BCUT2D eigenvalue weighted by Crippen LogP contribution is 2.39. The molecule has 2 aliphatic rings. The van der Waals surface area contributed by atoms with Gasteiger partial charge in [-0.2, -0.15) is 4.31 Å². The maximum atomic E-state index is 13.1. The molecule has 0 N–H and O–H groups in total. The van der Waals surface area contributed by atoms with Crippen LogP contribution in [-0.4, -0.2) is 38.0 Å². The van der Waals surface area contributed by atoms with Crippen molar-refractivity contribution in [3.05, 3.63) is 59.9 Å². The molecule has 0 radical (unpaired) electrons. The van der Waals surface area contributed by atoms with Gasteiger partial charge in [0.05, 0.1) is 18.0 Å². The fourth-order valence-electron chi connectivity index (χ4n) is 3.44. The SMILES string of the molecule is CCOc1ccc2c(c1)O[C@@]1(C=C2)CCN(S(=O)(=O)c2ccc(F)cc2)C1. The first-order chi connectivity index (χ1) is 12.9. The molecule has 27 heavy (non-hydrogen) atoms. The Balaban J connectivity index is 1.57. The number of ether oxygens (including phenoxy) is 2. The van der Waals surface area contributed by atoms with E-state index in [0.29, 0.717) is 25.3 Å². The second kappa shape index (κ2) is 6.65. The molecule has 0 aromatic heterocycles. The van der Waals surface area contributed by atoms with Gasteiger partial charge in [0.1, 0.15) is 22.9 Å². The zero-order chi connectivity index (χ0) is 19.1. The van der Waals surface area contributed by atoms with Crippen molar-refractivity contribution in [1.29, 1.82) is 0 Å². The zero-order valence-corrected chi connectivity index (χ0v) is 15.7. The Labute approximate surface area is 158 Å². The van der Waals surface area contributed by atoms with Gasteiger partial charge in [0.15, 0.2) is 0 Å². The van der Waals surface area contributed by atoms with Crippen molar-refractivity contribution in [2.45, 2.75) is 23.8 Å². The van der Waals surface area contributed by atoms with Gasteiger partial charge in [-0.15, -0.1) is 0 Å². The number of benzene rings is 2. The Bertz CT molecular complexity index is 988. The van der Waals surface area contributed by atoms with E-state index >= 15 is 0 Å². The van der Waals surface area contributed by atoms with Gasteiger partial charge in [-0.25, -0.2) is 12.8 Å². The molecule has 2 aromatic carbocycles. The lowest BCUT2D eigenvalue weighted by atomic mass is 9.97. The van der Waals surface area contributed by atoms with Gasteiger partial charge in [-0.05, 0) is 49.4 Å². The smallest absolute Gasteiger partial charge is 0.243 e. The van der Waals surface area contributed by atoms with Crippen molar-refractivity contribution in [3.63, 3.8) is 0 Å². The van der Waals surface area contributed by atoms with Crippen LogP contribution in [0.1, 0.15) is 18.9 Å². The van der Waals surface area contributed by atoms with Gasteiger partial charge < -0.3 is 9.47 Å². The minimum Gasteiger partial charge on any atom is -0.494 e. The Morgan fingerprint density at radius 1 is 1.22 bits per heavy atom. The van der Waals surface area contributed by atoms with Gasteiger partial charge in [0.2, 0.25) is 10.0 Å². The molecule has 1 fully saturated rings. The molecule has 142 valence electrons. The molecule has 2 aliphatic heterocycles. The molecule has 7 heteroatoms. The fraction of sp³-hybridized carbons (Fsp3) is 0.300. The average molecular weight is 389 g/mol. The molecular weight excluding hydrogens is 369 g/mol. The summed E-state index contributed by atoms with van der Waals surface area (Å²) in [5.41, 5.74) is 0.231. The summed E-state index contributed by atoms with van der Waals surface area (Å²) < 4.78 is 52.0. The predicted octanol–water partition coefficient (Wildman–Crippen LogP) is 3.46. The van der Waals surface area contributed by atoms with E-state index in [2.05, 4.69) is 0 Å². The molecule has 5 nitrogen and oxygen atoms in total. The number of halogens is 1. The topological polar surface area (TPSA) is 55.8 Å². The molecule has 0 amide bonds. The molecule has 1 spiro atoms. The first-order valence-corrected chi connectivity index (χ1v) is 10.3. The van der Waals surface area contributed by atoms with E-state index in [0.717, 1.165) is 23.4 Å². The van der Waals surface area contributed by atoms with Crippen LogP contribution in [0.25, 0.3) is 6.08 Å². The summed E-state index contributed by atoms with van der Waals surface area (Å²) in [4.78, 5) is 0.0831. The van der Waals surface area contributed by atoms with Crippen LogP contribution in [-0.2, 0) is 10.0 Å². The summed E-state index contributed by atoms with van der Waals surface area (Å²) in [5, 5.41) is 0. The maximum Gasteiger partial charge on any atom is 0.243 e. The number of sulfonamides is 1. The van der Waals surface area contributed by atoms with Crippen LogP contribution in [0.3, 0.4) is 0 Å². The van der Waals surface area contributed by atoms with Gasteiger partial charge in [-0.1, -0.05) is 6.08 Å². The molecule has 0 aliphatic carbocycles. The molecule has 0 unspecified atom stereocenters. The van der Waals surface area contributed by atoms with Crippen LogP contribution >= 0.6 is 0 Å². The minimum absolute atomic E-state index is 0.0831. The lowest BCUT2D eigenvalue weighted by molar-refractivity contribution is 0.132. The second-order valence-corrected chi connectivity index (χ2v) is 8.61. The summed E-state index contributed by atoms with van der Waals surface area (Å²) in [5.74, 6) is 0.937. The van der Waals surface area contributed by atoms with Crippen LogP contribution in [0.4, 0.5) is 4.39 Å². The van der Waals surface area contributed by atoms with Crippen LogP contribution in [0.2, 0.25) is 0 Å². The van der Waals surface area contributed by atoms with E-state index in [1.807, 2.05) is 37.3 Å². The van der Waals surface area contributed by atoms with E-state index < -0.39 is 21.4 Å². The fourth-order valence-corrected chi connectivity index (χ4v) is 4.94. The molecule has 0 bridgehead atoms. The van der Waals surface area contributed by atoms with Crippen molar-refractivity contribution in [1.82, 2.24) is 4.31 Å². The number of rotatable bonds is 4. The molecule has 4 rings (SSSR count). The van der Waals surface area contributed by atoms with Crippen LogP contribution < -0.4 is 9.47 Å². The Hall–Kier alpha value is -2.38. The minimum atomic E-state index is -3.70. The van der Waals surface area contributed by atoms with Crippen molar-refractivity contribution in [2.24, 2.45) is 0 Å². The third-order valence-electron chi connectivity index (χ3n) is 4.86. The van der Waals surface area contributed by atoms with Crippen molar-refractivity contribution >= 4 is 16.1 Å². The Morgan fingerprint density at radius 3 is 2.74 bits per heavy atom. The monoisotopic (exact) mass is 389 g/mol. The normalized spacial score (nSPS) is 21.9. The van der Waals surface area contributed by atoms with E-state index in [4.69, 9.17) is 9.47 Å². The third-order valence-corrected chi connectivity index (χ3v) is 6.72.